The first kappa shape index (κ1) is 18.5. The SMILES string of the molecule is CCC(=O)C(=O)ON1CC(O)(c2cc3c(cc2O)CCCC3)c2ccccc21. The Morgan fingerprint density at radius 2 is 1.79 bits per heavy atom. The maximum absolute atomic E-state index is 12.0. The summed E-state index contributed by atoms with van der Waals surface area (Å²) in [5.74, 6) is -1.57. The predicted octanol–water partition coefficient (Wildman–Crippen LogP) is 2.76. The zero-order valence-corrected chi connectivity index (χ0v) is 15.8. The number of para-hydroxylation sites is 1. The zero-order chi connectivity index (χ0) is 19.9. The molecule has 4 rings (SSSR count). The number of phenolic OH excluding ortho intramolecular Hbond substituents is 1. The standard InChI is InChI=1S/C22H23NO5/c1-2-19(24)21(26)28-23-13-22(27,16-9-5-6-10-18(16)23)17-11-14-7-3-4-8-15(14)12-20(17)25/h5-6,9-12,25,27H,2-4,7-8,13H2,1H3. The van der Waals surface area contributed by atoms with E-state index in [-0.39, 0.29) is 18.7 Å². The molecule has 2 aliphatic rings. The Morgan fingerprint density at radius 1 is 1.11 bits per heavy atom. The van der Waals surface area contributed by atoms with Gasteiger partial charge in [-0.3, -0.25) is 4.79 Å². The molecule has 0 saturated heterocycles. The van der Waals surface area contributed by atoms with Gasteiger partial charge in [0, 0.05) is 17.5 Å². The Kier molecular flexibility index (Phi) is 4.59. The summed E-state index contributed by atoms with van der Waals surface area (Å²) in [7, 11) is 0. The highest BCUT2D eigenvalue weighted by Gasteiger charge is 2.46. The molecule has 2 aromatic carbocycles. The number of nitrogens with zero attached hydrogens (tertiary/aromatic N) is 1. The number of aliphatic hydroxyl groups is 1. The predicted molar refractivity (Wildman–Crippen MR) is 103 cm³/mol. The average molecular weight is 381 g/mol. The van der Waals surface area contributed by atoms with Crippen LogP contribution in [0.4, 0.5) is 5.69 Å². The molecule has 1 heterocycles. The second-order valence-electron chi connectivity index (χ2n) is 7.41. The Hall–Kier alpha value is -2.86. The molecule has 1 atom stereocenters. The van der Waals surface area contributed by atoms with Crippen LogP contribution in [0.15, 0.2) is 36.4 Å². The highest BCUT2D eigenvalue weighted by molar-refractivity contribution is 6.33. The van der Waals surface area contributed by atoms with Crippen molar-refractivity contribution in [2.24, 2.45) is 0 Å². The first-order chi connectivity index (χ1) is 13.4. The largest absolute Gasteiger partial charge is 0.508 e. The maximum atomic E-state index is 12.0. The number of Topliss-reactive ketones (excluding diaryl/α,β-unsaturated/α-hetero) is 1. The van der Waals surface area contributed by atoms with E-state index in [0.717, 1.165) is 36.8 Å². The van der Waals surface area contributed by atoms with E-state index < -0.39 is 17.4 Å². The van der Waals surface area contributed by atoms with Crippen molar-refractivity contribution in [3.05, 3.63) is 58.7 Å². The van der Waals surface area contributed by atoms with E-state index >= 15 is 0 Å². The smallest absolute Gasteiger partial charge is 0.398 e. The number of carbonyl (C=O) groups excluding carboxylic acids is 2. The number of aromatic hydroxyl groups is 1. The topological polar surface area (TPSA) is 87.1 Å². The van der Waals surface area contributed by atoms with Crippen LogP contribution in [-0.2, 0) is 32.9 Å². The number of hydrogen-bond acceptors (Lipinski definition) is 6. The van der Waals surface area contributed by atoms with E-state index in [4.69, 9.17) is 4.84 Å². The molecule has 0 fully saturated rings. The number of benzene rings is 2. The summed E-state index contributed by atoms with van der Waals surface area (Å²) in [6.45, 7) is 1.49. The van der Waals surface area contributed by atoms with Gasteiger partial charge in [0.25, 0.3) is 0 Å². The fourth-order valence-electron chi connectivity index (χ4n) is 4.13. The van der Waals surface area contributed by atoms with Crippen LogP contribution in [0.25, 0.3) is 0 Å². The lowest BCUT2D eigenvalue weighted by molar-refractivity contribution is -0.155. The minimum Gasteiger partial charge on any atom is -0.508 e. The molecule has 6 nitrogen and oxygen atoms in total. The third kappa shape index (κ3) is 2.94. The van der Waals surface area contributed by atoms with Gasteiger partial charge in [-0.05, 0) is 55.0 Å². The van der Waals surface area contributed by atoms with Crippen LogP contribution >= 0.6 is 0 Å². The number of aryl methyl sites for hydroxylation is 2. The molecule has 146 valence electrons. The zero-order valence-electron chi connectivity index (χ0n) is 15.8. The van der Waals surface area contributed by atoms with Crippen molar-refractivity contribution in [2.75, 3.05) is 11.6 Å². The fraction of sp³-hybridized carbons (Fsp3) is 0.364. The van der Waals surface area contributed by atoms with Crippen molar-refractivity contribution in [1.82, 2.24) is 0 Å². The van der Waals surface area contributed by atoms with Crippen LogP contribution in [0.5, 0.6) is 5.75 Å². The minimum absolute atomic E-state index is 0.0239. The minimum atomic E-state index is -1.55. The number of fused-ring (bicyclic) bond motifs is 2. The van der Waals surface area contributed by atoms with Crippen LogP contribution in [-0.4, -0.2) is 28.5 Å². The lowest BCUT2D eigenvalue weighted by Gasteiger charge is -2.28. The number of phenols is 1. The molecule has 1 aliphatic heterocycles. The maximum Gasteiger partial charge on any atom is 0.398 e. The second kappa shape index (κ2) is 6.95. The first-order valence-corrected chi connectivity index (χ1v) is 9.64. The van der Waals surface area contributed by atoms with Crippen molar-refractivity contribution in [2.45, 2.75) is 44.6 Å². The third-order valence-electron chi connectivity index (χ3n) is 5.64. The molecule has 2 N–H and O–H groups in total. The summed E-state index contributed by atoms with van der Waals surface area (Å²) < 4.78 is 0. The molecule has 0 spiro atoms. The van der Waals surface area contributed by atoms with Crippen molar-refractivity contribution in [1.29, 1.82) is 0 Å². The Labute approximate surface area is 163 Å². The number of hydrogen-bond donors (Lipinski definition) is 2. The van der Waals surface area contributed by atoms with Crippen molar-refractivity contribution < 1.29 is 24.6 Å². The Bertz CT molecular complexity index is 954. The number of ketones is 1. The monoisotopic (exact) mass is 381 g/mol. The number of rotatable bonds is 4. The molecule has 6 heteroatoms. The highest BCUT2D eigenvalue weighted by atomic mass is 16.7. The third-order valence-corrected chi connectivity index (χ3v) is 5.64. The summed E-state index contributed by atoms with van der Waals surface area (Å²) in [5, 5.41) is 23.5. The van der Waals surface area contributed by atoms with Crippen LogP contribution < -0.4 is 5.06 Å². The molecular formula is C22H23NO5. The van der Waals surface area contributed by atoms with Gasteiger partial charge in [-0.15, -0.1) is 0 Å². The number of β-amino-alcohol motifs (C(OH)–C–C–N with tert-alkyl or cyclic N) is 1. The molecule has 0 radical (unpaired) electrons. The van der Waals surface area contributed by atoms with Gasteiger partial charge in [-0.1, -0.05) is 25.1 Å². The molecular weight excluding hydrogens is 358 g/mol. The summed E-state index contributed by atoms with van der Waals surface area (Å²) >= 11 is 0. The lowest BCUT2D eigenvalue weighted by Crippen LogP contribution is -2.37. The van der Waals surface area contributed by atoms with E-state index in [9.17, 15) is 19.8 Å². The van der Waals surface area contributed by atoms with Crippen LogP contribution in [0.2, 0.25) is 0 Å². The van der Waals surface area contributed by atoms with Gasteiger partial charge in [-0.25, -0.2) is 9.86 Å². The van der Waals surface area contributed by atoms with Gasteiger partial charge in [0.05, 0.1) is 12.2 Å². The quantitative estimate of drug-likeness (QED) is 0.792. The van der Waals surface area contributed by atoms with Crippen molar-refractivity contribution >= 4 is 17.4 Å². The molecule has 0 aromatic heterocycles. The normalized spacial score (nSPS) is 20.4. The Morgan fingerprint density at radius 3 is 2.50 bits per heavy atom. The molecule has 0 amide bonds. The van der Waals surface area contributed by atoms with Gasteiger partial charge in [0.15, 0.2) is 0 Å². The van der Waals surface area contributed by atoms with Crippen LogP contribution in [0.3, 0.4) is 0 Å². The van der Waals surface area contributed by atoms with Gasteiger partial charge in [-0.2, -0.15) is 0 Å². The number of anilines is 1. The van der Waals surface area contributed by atoms with Gasteiger partial charge in [0.1, 0.15) is 11.4 Å². The summed E-state index contributed by atoms with van der Waals surface area (Å²) in [6, 6.07) is 10.6. The summed E-state index contributed by atoms with van der Waals surface area (Å²) in [6.07, 6.45) is 4.04. The van der Waals surface area contributed by atoms with Crippen LogP contribution in [0, 0.1) is 0 Å². The van der Waals surface area contributed by atoms with E-state index in [1.165, 1.54) is 5.06 Å². The van der Waals surface area contributed by atoms with Gasteiger partial charge < -0.3 is 15.1 Å². The molecule has 2 aromatic rings. The second-order valence-corrected chi connectivity index (χ2v) is 7.41. The highest BCUT2D eigenvalue weighted by Crippen LogP contribution is 2.47. The van der Waals surface area contributed by atoms with Crippen molar-refractivity contribution in [3.63, 3.8) is 0 Å². The number of carbonyl (C=O) groups is 2. The van der Waals surface area contributed by atoms with Crippen LogP contribution in [0.1, 0.15) is 48.4 Å². The Balaban J connectivity index is 1.75. The summed E-state index contributed by atoms with van der Waals surface area (Å²) in [4.78, 5) is 28.9. The molecule has 0 saturated carbocycles. The molecule has 1 aliphatic carbocycles. The van der Waals surface area contributed by atoms with E-state index in [2.05, 4.69) is 0 Å². The fourth-order valence-corrected chi connectivity index (χ4v) is 4.13. The molecule has 1 unspecified atom stereocenters. The van der Waals surface area contributed by atoms with E-state index in [1.807, 2.05) is 6.07 Å². The first-order valence-electron chi connectivity index (χ1n) is 9.64. The lowest BCUT2D eigenvalue weighted by atomic mass is 9.82. The molecule has 28 heavy (non-hydrogen) atoms. The van der Waals surface area contributed by atoms with E-state index in [1.54, 1.807) is 37.3 Å². The van der Waals surface area contributed by atoms with Gasteiger partial charge in [0.2, 0.25) is 5.78 Å². The molecule has 0 bridgehead atoms. The van der Waals surface area contributed by atoms with Gasteiger partial charge >= 0.3 is 5.97 Å². The van der Waals surface area contributed by atoms with E-state index in [0.29, 0.717) is 16.8 Å². The summed E-state index contributed by atoms with van der Waals surface area (Å²) in [5.41, 5.74) is 2.10. The number of hydroxylamine groups is 1. The van der Waals surface area contributed by atoms with Crippen molar-refractivity contribution in [3.8, 4) is 5.75 Å². The average Bonchev–Trinajstić information content (AvgIpc) is 2.99.